The number of nitrogens with one attached hydrogen (secondary N) is 2. The first-order valence-electron chi connectivity index (χ1n) is 19.6. The molecule has 10 N–H and O–H groups in total. The second-order valence-electron chi connectivity index (χ2n) is 14.6. The minimum Gasteiger partial charge on any atom is -0.505 e. The molecule has 1 amide bonds. The molecule has 0 spiro atoms. The van der Waals surface area contributed by atoms with Crippen LogP contribution in [0, 0.1) is 11.3 Å². The Morgan fingerprint density at radius 1 is 0.813 bits per heavy atom. The number of hydrogen-bond donors (Lipinski definition) is 9. The number of phenols is 1. The number of benzene rings is 5. The number of aliphatic hydroxyl groups excluding tert-OH is 1. The summed E-state index contributed by atoms with van der Waals surface area (Å²) in [6.07, 6.45) is -1.43. The summed E-state index contributed by atoms with van der Waals surface area (Å²) in [5.41, 5.74) is 6.61. The number of likely N-dealkylation sites (N-methyl/N-ethyl adjacent to an activating group) is 1. The highest BCUT2D eigenvalue weighted by atomic mass is 32.2. The highest BCUT2D eigenvalue weighted by molar-refractivity contribution is 7.94. The van der Waals surface area contributed by atoms with Gasteiger partial charge < -0.3 is 20.8 Å². The molecular weight excluding hydrogens is 1120 g/mol. The minimum absolute atomic E-state index is 0. The highest BCUT2D eigenvalue weighted by Gasteiger charge is 2.34. The van der Waals surface area contributed by atoms with Gasteiger partial charge in [-0.15, -0.1) is 24.0 Å². The Labute approximate surface area is 433 Å². The van der Waals surface area contributed by atoms with E-state index in [2.05, 4.69) is 54.5 Å². The van der Waals surface area contributed by atoms with Crippen LogP contribution in [0.25, 0.3) is 10.8 Å². The fraction of sp³-hybridized carbons (Fsp3) is 0.154. The molecule has 0 fully saturated rings. The molecule has 6 rings (SSSR count). The maximum Gasteiger partial charge on any atom is 0.296 e. The van der Waals surface area contributed by atoms with E-state index in [9.17, 15) is 63.0 Å². The first kappa shape index (κ1) is 59.1. The number of sulfonamides is 1. The fourth-order valence-corrected chi connectivity index (χ4v) is 10.8. The fourth-order valence-electron chi connectivity index (χ4n) is 6.41. The third-order valence-corrected chi connectivity index (χ3v) is 15.8. The number of nitrogens with zero attached hydrogens (tertiary/aromatic N) is 7. The molecule has 400 valence electrons. The van der Waals surface area contributed by atoms with Gasteiger partial charge in [-0.2, -0.15) is 32.3 Å². The molecule has 0 saturated carbocycles. The third kappa shape index (κ3) is 13.8. The lowest BCUT2D eigenvalue weighted by atomic mass is 9.99. The number of nitrogen functional groups attached to an aromatic ring is 1. The number of carbonyl (C=O) groups excluding carboxylic acids is 1. The van der Waals surface area contributed by atoms with Gasteiger partial charge in [0.15, 0.2) is 39.8 Å². The van der Waals surface area contributed by atoms with E-state index in [0.29, 0.717) is 11.8 Å². The number of rotatable bonds is 21. The number of hydrazone groups is 1. The molecule has 1 aliphatic rings. The molecule has 30 nitrogen and oxygen atoms in total. The SMILES string of the molecule is C.CC1=C(C#N)C(O)N(C)C(=O)C1=NNc1ccc(NS(=O)(=O)c2ccc(N=Nc3c(S(=O)(=O)O)cc4cc(SOOO)c(N=Nc5ccc(S(=O)(=O)CCOSOOO)cc5S(=O)(=O)O)c(N)c4c3O)cc2)cc1. The maximum atomic E-state index is 13.3. The van der Waals surface area contributed by atoms with Gasteiger partial charge in [-0.05, 0) is 91.2 Å². The summed E-state index contributed by atoms with van der Waals surface area (Å²) in [4.78, 5) is 10.3. The first-order chi connectivity index (χ1) is 34.8. The normalized spacial score (nSPS) is 15.2. The maximum absolute atomic E-state index is 13.3. The number of anilines is 3. The van der Waals surface area contributed by atoms with Crippen LogP contribution in [-0.4, -0.2) is 106 Å². The Kier molecular flexibility index (Phi) is 19.1. The van der Waals surface area contributed by atoms with Crippen molar-refractivity contribution in [2.75, 3.05) is 35.3 Å². The zero-order chi connectivity index (χ0) is 54.3. The van der Waals surface area contributed by atoms with E-state index < -0.39 is 113 Å². The summed E-state index contributed by atoms with van der Waals surface area (Å²) in [5, 5.41) is 73.8. The number of nitriles is 1. The van der Waals surface area contributed by atoms with E-state index in [1.165, 1.54) is 38.2 Å². The van der Waals surface area contributed by atoms with Crippen LogP contribution in [0.5, 0.6) is 5.75 Å². The number of azo groups is 2. The zero-order valence-corrected chi connectivity index (χ0v) is 42.0. The first-order valence-corrected chi connectivity index (χ1v) is 27.1. The van der Waals surface area contributed by atoms with Crippen molar-refractivity contribution in [3.63, 3.8) is 0 Å². The van der Waals surface area contributed by atoms with Crippen molar-refractivity contribution in [3.05, 3.63) is 90.0 Å². The molecular formula is C39H38N10O20S6. The summed E-state index contributed by atoms with van der Waals surface area (Å²) < 4.78 is 138. The number of fused-ring (bicyclic) bond motifs is 1. The van der Waals surface area contributed by atoms with Crippen LogP contribution in [0.4, 0.5) is 39.8 Å². The number of aliphatic hydroxyl groups is 1. The largest absolute Gasteiger partial charge is 0.505 e. The van der Waals surface area contributed by atoms with Gasteiger partial charge in [0.05, 0.1) is 73.2 Å². The smallest absolute Gasteiger partial charge is 0.296 e. The summed E-state index contributed by atoms with van der Waals surface area (Å²) >= 11 is 0.248. The lowest BCUT2D eigenvalue weighted by Gasteiger charge is -2.29. The van der Waals surface area contributed by atoms with Gasteiger partial charge in [-0.25, -0.2) is 27.4 Å². The van der Waals surface area contributed by atoms with E-state index in [1.54, 1.807) is 0 Å². The molecule has 1 heterocycles. The van der Waals surface area contributed by atoms with Crippen LogP contribution < -0.4 is 15.9 Å². The van der Waals surface area contributed by atoms with E-state index in [1.807, 2.05) is 6.07 Å². The quantitative estimate of drug-likeness (QED) is 0.00720. The van der Waals surface area contributed by atoms with Crippen molar-refractivity contribution in [3.8, 4) is 11.8 Å². The van der Waals surface area contributed by atoms with Crippen molar-refractivity contribution in [2.24, 2.45) is 25.6 Å². The Morgan fingerprint density at radius 2 is 1.43 bits per heavy atom. The van der Waals surface area contributed by atoms with Crippen molar-refractivity contribution >= 4 is 127 Å². The van der Waals surface area contributed by atoms with E-state index in [0.717, 1.165) is 53.4 Å². The van der Waals surface area contributed by atoms with Crippen LogP contribution >= 0.6 is 24.4 Å². The van der Waals surface area contributed by atoms with Crippen LogP contribution in [-0.2, 0) is 67.8 Å². The standard InChI is InChI=1S/C38H34N10O20S6.CH4/c1-19-26(18-39)37(50)48(2)38(51)33(19)44-41-21-3-5-23(6-4-21)47-72(56,57)24-9-7-22(8-10-24)42-46-35-30(74(61,62)63)16-20-15-28(69-67-65-52)34(32(40)31(20)36(35)49)45-43-27-12-11-25(17-29(27)73(58,59)60)71(54,55)14-13-64-70-68-66-53;/h3-12,15-17,37,41,47,49-50,52-53H,13-14,40H2,1-2H3,(H,58,59,60)(H,61,62,63);1H4. The molecule has 0 aliphatic carbocycles. The molecule has 0 saturated heterocycles. The average molecular weight is 1160 g/mol. The number of aromatic hydroxyl groups is 1. The Morgan fingerprint density at radius 3 is 2.04 bits per heavy atom. The highest BCUT2D eigenvalue weighted by Crippen LogP contribution is 2.49. The van der Waals surface area contributed by atoms with Crippen LogP contribution in [0.15, 0.2) is 140 Å². The molecule has 75 heavy (non-hydrogen) atoms. The van der Waals surface area contributed by atoms with E-state index in [4.69, 9.17) is 20.4 Å². The Hall–Kier alpha value is -6.77. The monoisotopic (exact) mass is 1160 g/mol. The summed E-state index contributed by atoms with van der Waals surface area (Å²) in [6, 6.07) is 16.0. The Balaban J connectivity index is 0.0000104. The molecule has 36 heteroatoms. The number of phenolic OH excluding ortho intramolecular Hbond substituents is 1. The van der Waals surface area contributed by atoms with Crippen LogP contribution in [0.3, 0.4) is 0 Å². The van der Waals surface area contributed by atoms with E-state index in [-0.39, 0.29) is 75.2 Å². The summed E-state index contributed by atoms with van der Waals surface area (Å²) in [7, 11) is -17.8. The average Bonchev–Trinajstić information content (AvgIpc) is 3.34. The topological polar surface area (TPSA) is 460 Å². The van der Waals surface area contributed by atoms with Crippen molar-refractivity contribution < 1.29 is 91.2 Å². The van der Waals surface area contributed by atoms with Gasteiger partial charge >= 0.3 is 0 Å². The second kappa shape index (κ2) is 24.3. The molecule has 1 atom stereocenters. The van der Waals surface area contributed by atoms with Gasteiger partial charge in [-0.1, -0.05) is 17.5 Å². The van der Waals surface area contributed by atoms with Gasteiger partial charge in [0.2, 0.25) is 0 Å². The minimum atomic E-state index is -5.26. The predicted molar refractivity (Wildman–Crippen MR) is 264 cm³/mol. The summed E-state index contributed by atoms with van der Waals surface area (Å²) in [6.45, 7) is 0.897. The van der Waals surface area contributed by atoms with E-state index >= 15 is 0 Å². The number of sulfone groups is 1. The molecule has 0 radical (unpaired) electrons. The Bertz CT molecular complexity index is 3650. The van der Waals surface area contributed by atoms with Crippen molar-refractivity contribution in [1.29, 1.82) is 5.26 Å². The van der Waals surface area contributed by atoms with Gasteiger partial charge in [0, 0.05) is 18.3 Å². The second-order valence-corrected chi connectivity index (χ2v) is 22.4. The van der Waals surface area contributed by atoms with Crippen LogP contribution in [0.2, 0.25) is 0 Å². The molecule has 5 aromatic rings. The predicted octanol–water partition coefficient (Wildman–Crippen LogP) is 6.49. The third-order valence-electron chi connectivity index (χ3n) is 9.99. The lowest BCUT2D eigenvalue weighted by Crippen LogP contribution is -2.47. The van der Waals surface area contributed by atoms with Gasteiger partial charge in [0.1, 0.15) is 26.9 Å². The molecule has 1 unspecified atom stereocenters. The molecule has 0 bridgehead atoms. The van der Waals surface area contributed by atoms with Gasteiger partial charge in [0.25, 0.3) is 36.2 Å². The molecule has 5 aromatic carbocycles. The van der Waals surface area contributed by atoms with Gasteiger partial charge in [-0.3, -0.25) is 28.2 Å². The van der Waals surface area contributed by atoms with Crippen molar-refractivity contribution in [2.45, 2.75) is 45.1 Å². The molecule has 1 aliphatic heterocycles. The van der Waals surface area contributed by atoms with Crippen molar-refractivity contribution in [1.82, 2.24) is 4.90 Å². The number of carbonyl (C=O) groups is 1. The molecule has 0 aromatic heterocycles. The number of amides is 1. The number of hydrogen-bond acceptors (Lipinski definition) is 28. The number of nitrogens with two attached hydrogens (primary N) is 1. The summed E-state index contributed by atoms with van der Waals surface area (Å²) in [5.74, 6) is -2.47. The zero-order valence-electron chi connectivity index (χ0n) is 37.1. The van der Waals surface area contributed by atoms with Crippen LogP contribution in [0.1, 0.15) is 14.4 Å². The lowest BCUT2D eigenvalue weighted by molar-refractivity contribution is -0.434.